The maximum Gasteiger partial charge on any atom is 0.332 e. The van der Waals surface area contributed by atoms with Crippen molar-refractivity contribution >= 4 is 22.1 Å². The van der Waals surface area contributed by atoms with Crippen LogP contribution < -0.4 is 11.2 Å². The summed E-state index contributed by atoms with van der Waals surface area (Å²) in [4.78, 5) is 25.1. The number of unbranched alkanes of at least 4 members (excludes halogenated alkanes) is 1. The molecule has 1 aliphatic rings. The first-order chi connectivity index (χ1) is 12.1. The molecule has 3 aromatic rings. The van der Waals surface area contributed by atoms with Crippen LogP contribution in [0.3, 0.4) is 0 Å². The zero-order valence-corrected chi connectivity index (χ0v) is 15.0. The van der Waals surface area contributed by atoms with E-state index in [4.69, 9.17) is 0 Å². The average molecular weight is 341 g/mol. The van der Waals surface area contributed by atoms with Gasteiger partial charge in [0.05, 0.1) is 5.39 Å². The summed E-state index contributed by atoms with van der Waals surface area (Å²) in [6.45, 7) is 3.07. The van der Waals surface area contributed by atoms with Crippen LogP contribution in [0.4, 0.5) is 0 Å². The second kappa shape index (κ2) is 5.82. The van der Waals surface area contributed by atoms with Gasteiger partial charge in [-0.15, -0.1) is 10.2 Å². The lowest BCUT2D eigenvalue weighted by molar-refractivity contribution is 0.583. The number of hydrogen-bond acceptors (Lipinski definition) is 4. The molecular weight excluding hydrogens is 318 g/mol. The highest BCUT2D eigenvalue weighted by Crippen LogP contribution is 2.33. The summed E-state index contributed by atoms with van der Waals surface area (Å²) in [5.74, 6) is 0. The van der Waals surface area contributed by atoms with Gasteiger partial charge in [0.25, 0.3) is 5.56 Å². The van der Waals surface area contributed by atoms with Gasteiger partial charge in [0.1, 0.15) is 0 Å². The molecule has 0 saturated carbocycles. The molecule has 0 atom stereocenters. The highest BCUT2D eigenvalue weighted by Gasteiger charge is 2.25. The van der Waals surface area contributed by atoms with Crippen molar-refractivity contribution in [3.05, 3.63) is 32.1 Å². The fraction of sp³-hybridized carbons (Fsp3) is 0.556. The Balaban J connectivity index is 2.20. The quantitative estimate of drug-likeness (QED) is 0.726. The Kier molecular flexibility index (Phi) is 3.74. The predicted octanol–water partition coefficient (Wildman–Crippen LogP) is 1.66. The molecule has 132 valence electrons. The molecule has 1 aliphatic carbocycles. The monoisotopic (exact) mass is 341 g/mol. The molecule has 0 amide bonds. The van der Waals surface area contributed by atoms with Crippen LogP contribution >= 0.6 is 0 Å². The molecule has 4 rings (SSSR count). The number of fused-ring (bicyclic) bond motifs is 5. The van der Waals surface area contributed by atoms with E-state index in [0.29, 0.717) is 11.0 Å². The molecule has 0 N–H and O–H groups in total. The van der Waals surface area contributed by atoms with Gasteiger partial charge in [-0.25, -0.2) is 4.79 Å². The first-order valence-electron chi connectivity index (χ1n) is 9.02. The van der Waals surface area contributed by atoms with Crippen LogP contribution in [-0.2, 0) is 33.5 Å². The Morgan fingerprint density at radius 1 is 0.960 bits per heavy atom. The van der Waals surface area contributed by atoms with E-state index >= 15 is 0 Å². The van der Waals surface area contributed by atoms with E-state index in [-0.39, 0.29) is 11.2 Å². The summed E-state index contributed by atoms with van der Waals surface area (Å²) in [7, 11) is 3.17. The summed E-state index contributed by atoms with van der Waals surface area (Å²) in [5, 5.41) is 10.1. The van der Waals surface area contributed by atoms with E-state index in [1.807, 2.05) is 0 Å². The molecule has 3 aromatic heterocycles. The first kappa shape index (κ1) is 16.1. The maximum absolute atomic E-state index is 12.9. The molecule has 25 heavy (non-hydrogen) atoms. The van der Waals surface area contributed by atoms with Crippen LogP contribution in [0.2, 0.25) is 0 Å². The van der Waals surface area contributed by atoms with Gasteiger partial charge in [-0.1, -0.05) is 13.3 Å². The van der Waals surface area contributed by atoms with Gasteiger partial charge >= 0.3 is 5.69 Å². The van der Waals surface area contributed by atoms with Crippen LogP contribution in [-0.4, -0.2) is 23.9 Å². The summed E-state index contributed by atoms with van der Waals surface area (Å²) >= 11 is 0. The average Bonchev–Trinajstić information content (AvgIpc) is 2.96. The molecule has 7 nitrogen and oxygen atoms in total. The molecule has 3 heterocycles. The lowest BCUT2D eigenvalue weighted by Gasteiger charge is -2.15. The van der Waals surface area contributed by atoms with Crippen molar-refractivity contribution in [2.75, 3.05) is 0 Å². The van der Waals surface area contributed by atoms with Crippen molar-refractivity contribution in [1.29, 1.82) is 0 Å². The Morgan fingerprint density at radius 3 is 2.44 bits per heavy atom. The first-order valence-corrected chi connectivity index (χ1v) is 9.02. The van der Waals surface area contributed by atoms with Crippen LogP contribution in [0.1, 0.15) is 43.9 Å². The van der Waals surface area contributed by atoms with Crippen molar-refractivity contribution in [1.82, 2.24) is 23.9 Å². The zero-order valence-electron chi connectivity index (χ0n) is 15.0. The largest absolute Gasteiger partial charge is 0.332 e. The molecule has 0 aromatic carbocycles. The van der Waals surface area contributed by atoms with Crippen LogP contribution in [0, 0.1) is 0 Å². The Bertz CT molecular complexity index is 1100. The van der Waals surface area contributed by atoms with Crippen LogP contribution in [0.5, 0.6) is 0 Å². The van der Waals surface area contributed by atoms with Gasteiger partial charge in [0, 0.05) is 31.7 Å². The van der Waals surface area contributed by atoms with Crippen molar-refractivity contribution in [2.45, 2.75) is 52.0 Å². The minimum atomic E-state index is -0.370. The fourth-order valence-electron chi connectivity index (χ4n) is 4.04. The Hall–Kier alpha value is -2.44. The molecule has 0 unspecified atom stereocenters. The van der Waals surface area contributed by atoms with E-state index in [2.05, 4.69) is 21.7 Å². The predicted molar refractivity (Wildman–Crippen MR) is 97.1 cm³/mol. The molecule has 0 fully saturated rings. The minimum absolute atomic E-state index is 0.279. The lowest BCUT2D eigenvalue weighted by Crippen LogP contribution is -2.37. The van der Waals surface area contributed by atoms with E-state index < -0.39 is 0 Å². The summed E-state index contributed by atoms with van der Waals surface area (Å²) < 4.78 is 4.84. The third-order valence-corrected chi connectivity index (χ3v) is 5.40. The number of nitrogens with zero attached hydrogens (tertiary/aromatic N) is 5. The van der Waals surface area contributed by atoms with Crippen LogP contribution in [0.15, 0.2) is 9.59 Å². The number of aryl methyl sites for hydroxylation is 3. The fourth-order valence-corrected chi connectivity index (χ4v) is 4.04. The molecule has 0 spiro atoms. The smallest absolute Gasteiger partial charge is 0.328 e. The molecule has 0 bridgehead atoms. The van der Waals surface area contributed by atoms with Gasteiger partial charge in [-0.05, 0) is 37.7 Å². The highest BCUT2D eigenvalue weighted by atomic mass is 16.2. The Labute approximate surface area is 144 Å². The number of hydrogen-bond donors (Lipinski definition) is 0. The summed E-state index contributed by atoms with van der Waals surface area (Å²) in [6, 6.07) is 0. The van der Waals surface area contributed by atoms with Gasteiger partial charge in [0.2, 0.25) is 0 Å². The maximum atomic E-state index is 12.9. The molecule has 0 radical (unpaired) electrons. The van der Waals surface area contributed by atoms with Gasteiger partial charge in [-0.3, -0.25) is 13.9 Å². The number of rotatable bonds is 3. The minimum Gasteiger partial charge on any atom is -0.328 e. The van der Waals surface area contributed by atoms with E-state index in [0.717, 1.165) is 56.1 Å². The molecule has 0 aliphatic heterocycles. The standard InChI is InChI=1S/C18H23N5O2/c1-4-5-10-23-12-9-7-6-8-11(12)13-14-15(19-20-16(13)23)21(2)18(25)22(3)17(14)24/h4-10H2,1-3H3. The topological polar surface area (TPSA) is 74.7 Å². The van der Waals surface area contributed by atoms with E-state index in [9.17, 15) is 9.59 Å². The van der Waals surface area contributed by atoms with Gasteiger partial charge < -0.3 is 4.57 Å². The van der Waals surface area contributed by atoms with E-state index in [1.54, 1.807) is 7.05 Å². The van der Waals surface area contributed by atoms with Crippen molar-refractivity contribution in [3.63, 3.8) is 0 Å². The van der Waals surface area contributed by atoms with Gasteiger partial charge in [-0.2, -0.15) is 0 Å². The zero-order chi connectivity index (χ0) is 17.7. The third kappa shape index (κ3) is 2.18. The third-order valence-electron chi connectivity index (χ3n) is 5.40. The second-order valence-electron chi connectivity index (χ2n) is 6.94. The molecular formula is C18H23N5O2. The van der Waals surface area contributed by atoms with Crippen molar-refractivity contribution < 1.29 is 0 Å². The van der Waals surface area contributed by atoms with Crippen molar-refractivity contribution in [2.24, 2.45) is 14.1 Å². The number of aromatic nitrogens is 5. The second-order valence-corrected chi connectivity index (χ2v) is 6.94. The van der Waals surface area contributed by atoms with Crippen molar-refractivity contribution in [3.8, 4) is 0 Å². The molecule has 0 saturated heterocycles. The highest BCUT2D eigenvalue weighted by molar-refractivity contribution is 6.04. The molecule has 7 heteroatoms. The normalized spacial score (nSPS) is 14.4. The van der Waals surface area contributed by atoms with Gasteiger partial charge in [0.15, 0.2) is 11.3 Å². The van der Waals surface area contributed by atoms with Crippen LogP contribution in [0.25, 0.3) is 22.1 Å². The summed E-state index contributed by atoms with van der Waals surface area (Å²) in [6.07, 6.45) is 6.43. The Morgan fingerprint density at radius 2 is 1.68 bits per heavy atom. The SMILES string of the molecule is CCCCn1c2c(c3c4c(=O)n(C)c(=O)n(C)c4nnc31)CCCC2. The van der Waals surface area contributed by atoms with E-state index in [1.165, 1.54) is 27.4 Å². The lowest BCUT2D eigenvalue weighted by atomic mass is 9.95. The summed E-state index contributed by atoms with van der Waals surface area (Å²) in [5.41, 5.74) is 3.05.